The van der Waals surface area contributed by atoms with Crippen LogP contribution in [0.1, 0.15) is 47.4 Å². The molecule has 1 saturated carbocycles. The van der Waals surface area contributed by atoms with Crippen molar-refractivity contribution in [1.29, 1.82) is 0 Å². The summed E-state index contributed by atoms with van der Waals surface area (Å²) in [6.07, 6.45) is 0.974. The molecule has 18 heavy (non-hydrogen) atoms. The van der Waals surface area contributed by atoms with E-state index in [1.807, 2.05) is 19.9 Å². The Kier molecular flexibility index (Phi) is 3.58. The second-order valence-electron chi connectivity index (χ2n) is 5.20. The first-order chi connectivity index (χ1) is 8.40. The molecule has 0 aromatic heterocycles. The fraction of sp³-hybridized carbons (Fsp3) is 0.467. The quantitative estimate of drug-likeness (QED) is 0.725. The molecule has 0 N–H and O–H groups in total. The van der Waals surface area contributed by atoms with Crippen LogP contribution in [0.2, 0.25) is 5.02 Å². The second kappa shape index (κ2) is 4.85. The van der Waals surface area contributed by atoms with Crippen LogP contribution in [0.4, 0.5) is 0 Å². The van der Waals surface area contributed by atoms with Crippen LogP contribution in [-0.2, 0) is 9.59 Å². The van der Waals surface area contributed by atoms with E-state index in [4.69, 9.17) is 11.6 Å². The van der Waals surface area contributed by atoms with Crippen molar-refractivity contribution < 1.29 is 9.59 Å². The number of rotatable bonds is 1. The highest BCUT2D eigenvalue weighted by Gasteiger charge is 2.29. The van der Waals surface area contributed by atoms with Gasteiger partial charge in [-0.2, -0.15) is 0 Å². The van der Waals surface area contributed by atoms with Crippen LogP contribution in [0.5, 0.6) is 0 Å². The topological polar surface area (TPSA) is 34.1 Å². The fourth-order valence-corrected chi connectivity index (χ4v) is 3.20. The highest BCUT2D eigenvalue weighted by atomic mass is 35.5. The Balaban J connectivity index is 2.48. The Labute approximate surface area is 112 Å². The summed E-state index contributed by atoms with van der Waals surface area (Å²) in [7, 11) is 0. The van der Waals surface area contributed by atoms with E-state index in [1.165, 1.54) is 5.56 Å². The van der Waals surface area contributed by atoms with Crippen molar-refractivity contribution in [3.05, 3.63) is 33.3 Å². The van der Waals surface area contributed by atoms with E-state index < -0.39 is 0 Å². The first-order valence-electron chi connectivity index (χ1n) is 6.19. The van der Waals surface area contributed by atoms with Crippen LogP contribution in [0, 0.1) is 20.8 Å². The van der Waals surface area contributed by atoms with Crippen LogP contribution < -0.4 is 0 Å². The van der Waals surface area contributed by atoms with Gasteiger partial charge in [-0.15, -0.1) is 0 Å². The highest BCUT2D eigenvalue weighted by molar-refractivity contribution is 6.31. The summed E-state index contributed by atoms with van der Waals surface area (Å²) >= 11 is 6.31. The van der Waals surface area contributed by atoms with Gasteiger partial charge in [-0.3, -0.25) is 9.59 Å². The summed E-state index contributed by atoms with van der Waals surface area (Å²) in [5.41, 5.74) is 4.45. The van der Waals surface area contributed by atoms with E-state index in [9.17, 15) is 9.59 Å². The number of carbonyl (C=O) groups excluding carboxylic acids is 2. The molecule has 2 rings (SSSR count). The molecule has 3 heteroatoms. The molecule has 0 amide bonds. The van der Waals surface area contributed by atoms with Gasteiger partial charge < -0.3 is 0 Å². The number of carbonyl (C=O) groups is 2. The fourth-order valence-electron chi connectivity index (χ4n) is 2.74. The Morgan fingerprint density at radius 3 is 2.17 bits per heavy atom. The predicted molar refractivity (Wildman–Crippen MR) is 72.3 cm³/mol. The van der Waals surface area contributed by atoms with Gasteiger partial charge in [0.15, 0.2) is 0 Å². The molecule has 0 saturated heterocycles. The average Bonchev–Trinajstić information content (AvgIpc) is 2.24. The minimum atomic E-state index is -0.0365. The van der Waals surface area contributed by atoms with Crippen molar-refractivity contribution in [3.8, 4) is 0 Å². The van der Waals surface area contributed by atoms with Crippen molar-refractivity contribution in [2.24, 2.45) is 0 Å². The molecular formula is C15H17ClO2. The van der Waals surface area contributed by atoms with Crippen LogP contribution in [0.15, 0.2) is 6.07 Å². The summed E-state index contributed by atoms with van der Waals surface area (Å²) in [6.45, 7) is 6.10. The van der Waals surface area contributed by atoms with E-state index in [-0.39, 0.29) is 23.9 Å². The number of benzene rings is 1. The third kappa shape index (κ3) is 2.35. The van der Waals surface area contributed by atoms with Crippen LogP contribution in [-0.4, -0.2) is 11.6 Å². The van der Waals surface area contributed by atoms with Gasteiger partial charge in [0.05, 0.1) is 6.42 Å². The maximum atomic E-state index is 11.6. The number of Topliss-reactive ketones (excluding diaryl/α,β-unsaturated/α-hetero) is 2. The van der Waals surface area contributed by atoms with Gasteiger partial charge in [-0.1, -0.05) is 11.6 Å². The van der Waals surface area contributed by atoms with Crippen LogP contribution in [0.25, 0.3) is 0 Å². The average molecular weight is 265 g/mol. The van der Waals surface area contributed by atoms with Crippen molar-refractivity contribution in [2.75, 3.05) is 0 Å². The summed E-state index contributed by atoms with van der Waals surface area (Å²) in [4.78, 5) is 23.1. The van der Waals surface area contributed by atoms with Gasteiger partial charge in [-0.05, 0) is 55.0 Å². The summed E-state index contributed by atoms with van der Waals surface area (Å²) < 4.78 is 0. The zero-order valence-corrected chi connectivity index (χ0v) is 11.7. The lowest BCUT2D eigenvalue weighted by molar-refractivity contribution is -0.130. The zero-order chi connectivity index (χ0) is 13.4. The summed E-state index contributed by atoms with van der Waals surface area (Å²) in [5, 5.41) is 0.683. The summed E-state index contributed by atoms with van der Waals surface area (Å²) in [6, 6.07) is 1.93. The molecule has 0 atom stereocenters. The number of hydrogen-bond acceptors (Lipinski definition) is 2. The number of hydrogen-bond donors (Lipinski definition) is 0. The molecule has 0 bridgehead atoms. The van der Waals surface area contributed by atoms with E-state index in [0.717, 1.165) is 16.7 Å². The van der Waals surface area contributed by atoms with E-state index in [1.54, 1.807) is 0 Å². The first kappa shape index (κ1) is 13.3. The Hall–Kier alpha value is -1.15. The Morgan fingerprint density at radius 1 is 1.06 bits per heavy atom. The van der Waals surface area contributed by atoms with Gasteiger partial charge in [0.2, 0.25) is 0 Å². The largest absolute Gasteiger partial charge is 0.299 e. The number of ketones is 2. The second-order valence-corrected chi connectivity index (χ2v) is 5.61. The third-order valence-electron chi connectivity index (χ3n) is 3.91. The minimum absolute atomic E-state index is 0.0324. The van der Waals surface area contributed by atoms with Crippen LogP contribution >= 0.6 is 11.6 Å². The molecule has 96 valence electrons. The van der Waals surface area contributed by atoms with Crippen molar-refractivity contribution in [3.63, 3.8) is 0 Å². The molecule has 0 aliphatic heterocycles. The van der Waals surface area contributed by atoms with Gasteiger partial charge >= 0.3 is 0 Å². The van der Waals surface area contributed by atoms with E-state index in [0.29, 0.717) is 17.9 Å². The first-order valence-corrected chi connectivity index (χ1v) is 6.57. The van der Waals surface area contributed by atoms with Gasteiger partial charge in [0.25, 0.3) is 0 Å². The van der Waals surface area contributed by atoms with Crippen molar-refractivity contribution in [2.45, 2.75) is 46.0 Å². The van der Waals surface area contributed by atoms with Crippen molar-refractivity contribution in [1.82, 2.24) is 0 Å². The molecule has 1 aromatic rings. The normalized spacial score (nSPS) is 17.3. The minimum Gasteiger partial charge on any atom is -0.299 e. The molecule has 0 radical (unpaired) electrons. The monoisotopic (exact) mass is 264 g/mol. The molecule has 1 aliphatic carbocycles. The number of halogens is 1. The number of aryl methyl sites for hydroxylation is 1. The highest BCUT2D eigenvalue weighted by Crippen LogP contribution is 2.38. The standard InChI is InChI=1S/C15H17ClO2/c1-8-4-14(16)15(10(3)9(8)2)11-5-12(17)7-13(18)6-11/h4,11H,5-7H2,1-3H3. The van der Waals surface area contributed by atoms with Gasteiger partial charge in [0, 0.05) is 17.9 Å². The lowest BCUT2D eigenvalue weighted by Crippen LogP contribution is -2.22. The smallest absolute Gasteiger partial charge is 0.140 e. The predicted octanol–water partition coefficient (Wildman–Crippen LogP) is 3.67. The van der Waals surface area contributed by atoms with E-state index >= 15 is 0 Å². The third-order valence-corrected chi connectivity index (χ3v) is 4.22. The molecular weight excluding hydrogens is 248 g/mol. The molecule has 2 nitrogen and oxygen atoms in total. The molecule has 0 spiro atoms. The SMILES string of the molecule is Cc1cc(Cl)c(C2CC(=O)CC(=O)C2)c(C)c1C. The Bertz CT molecular complexity index is 516. The van der Waals surface area contributed by atoms with Gasteiger partial charge in [-0.25, -0.2) is 0 Å². The maximum absolute atomic E-state index is 11.6. The van der Waals surface area contributed by atoms with E-state index in [2.05, 4.69) is 6.92 Å². The van der Waals surface area contributed by atoms with Crippen LogP contribution in [0.3, 0.4) is 0 Å². The molecule has 0 unspecified atom stereocenters. The molecule has 1 aliphatic rings. The lowest BCUT2D eigenvalue weighted by atomic mass is 9.79. The molecule has 1 aromatic carbocycles. The zero-order valence-electron chi connectivity index (χ0n) is 11.0. The summed E-state index contributed by atoms with van der Waals surface area (Å²) in [5.74, 6) is 0.0282. The lowest BCUT2D eigenvalue weighted by Gasteiger charge is -2.24. The van der Waals surface area contributed by atoms with Crippen molar-refractivity contribution >= 4 is 23.2 Å². The Morgan fingerprint density at radius 2 is 1.61 bits per heavy atom. The maximum Gasteiger partial charge on any atom is 0.140 e. The van der Waals surface area contributed by atoms with Gasteiger partial charge in [0.1, 0.15) is 11.6 Å². The molecule has 1 fully saturated rings. The molecule has 0 heterocycles.